The molecule has 4 aliphatic rings. The molecular formula is C21H19F2N3O4. The number of fused-ring (bicyclic) bond motifs is 1. The molecule has 0 unspecified atom stereocenters. The minimum absolute atomic E-state index is 0.0492. The van der Waals surface area contributed by atoms with Crippen molar-refractivity contribution in [2.24, 2.45) is 5.41 Å². The van der Waals surface area contributed by atoms with E-state index in [0.717, 1.165) is 18.9 Å². The molecule has 2 saturated heterocycles. The highest BCUT2D eigenvalue weighted by molar-refractivity contribution is 5.99. The molecule has 1 aromatic carbocycles. The fourth-order valence-electron chi connectivity index (χ4n) is 5.41. The molecule has 156 valence electrons. The lowest BCUT2D eigenvalue weighted by molar-refractivity contribution is 0.0273. The molecule has 2 amide bonds. The minimum atomic E-state index is -0.958. The molecular weight excluding hydrogens is 396 g/mol. The van der Waals surface area contributed by atoms with Gasteiger partial charge in [0.25, 0.3) is 11.8 Å². The number of aromatic hydroxyl groups is 1. The van der Waals surface area contributed by atoms with Gasteiger partial charge in [-0.05, 0) is 24.3 Å². The fourth-order valence-corrected chi connectivity index (χ4v) is 5.41. The highest BCUT2D eigenvalue weighted by atomic mass is 19.1. The number of nitrogens with zero attached hydrogens (tertiary/aromatic N) is 2. The van der Waals surface area contributed by atoms with Crippen LogP contribution in [-0.2, 0) is 13.1 Å². The van der Waals surface area contributed by atoms with Gasteiger partial charge in [0.15, 0.2) is 11.4 Å². The molecule has 6 rings (SSSR count). The molecule has 0 radical (unpaired) electrons. The summed E-state index contributed by atoms with van der Waals surface area (Å²) in [7, 11) is 0. The molecule has 1 saturated carbocycles. The summed E-state index contributed by atoms with van der Waals surface area (Å²) in [6.45, 7) is 2.82. The number of amides is 2. The van der Waals surface area contributed by atoms with E-state index in [1.807, 2.05) is 0 Å². The minimum Gasteiger partial charge on any atom is -0.503 e. The first-order valence-corrected chi connectivity index (χ1v) is 9.63. The van der Waals surface area contributed by atoms with Crippen molar-refractivity contribution in [2.75, 3.05) is 6.54 Å². The van der Waals surface area contributed by atoms with Gasteiger partial charge in [0.05, 0.1) is 5.54 Å². The van der Waals surface area contributed by atoms with Gasteiger partial charge in [-0.3, -0.25) is 14.4 Å². The van der Waals surface area contributed by atoms with Crippen LogP contribution in [-0.4, -0.2) is 38.5 Å². The Morgan fingerprint density at radius 2 is 1.97 bits per heavy atom. The Hall–Kier alpha value is -3.23. The number of benzene rings is 1. The van der Waals surface area contributed by atoms with Crippen LogP contribution in [0.2, 0.25) is 0 Å². The second-order valence-electron chi connectivity index (χ2n) is 8.90. The molecule has 0 atom stereocenters. The molecule has 2 bridgehead atoms. The molecule has 2 aromatic rings. The van der Waals surface area contributed by atoms with Crippen molar-refractivity contribution in [1.82, 2.24) is 14.8 Å². The number of hydrogen-bond acceptors (Lipinski definition) is 4. The van der Waals surface area contributed by atoms with Crippen LogP contribution < -0.4 is 10.7 Å². The van der Waals surface area contributed by atoms with E-state index in [4.69, 9.17) is 0 Å². The summed E-state index contributed by atoms with van der Waals surface area (Å²) in [6.07, 6.45) is 2.96. The molecule has 3 fully saturated rings. The Balaban J connectivity index is 1.45. The summed E-state index contributed by atoms with van der Waals surface area (Å²) in [5.74, 6) is -3.54. The number of aromatic nitrogens is 1. The number of nitrogens with one attached hydrogen (secondary N) is 1. The van der Waals surface area contributed by atoms with Crippen molar-refractivity contribution in [3.63, 3.8) is 0 Å². The highest BCUT2D eigenvalue weighted by Gasteiger charge is 2.66. The van der Waals surface area contributed by atoms with E-state index in [1.165, 1.54) is 16.8 Å². The maximum Gasteiger partial charge on any atom is 0.275 e. The third-order valence-corrected chi connectivity index (χ3v) is 6.49. The Morgan fingerprint density at radius 3 is 2.67 bits per heavy atom. The summed E-state index contributed by atoms with van der Waals surface area (Å²) >= 11 is 0. The number of carbonyl (C=O) groups excluding carboxylic acids is 2. The third kappa shape index (κ3) is 2.50. The van der Waals surface area contributed by atoms with E-state index in [9.17, 15) is 28.3 Å². The van der Waals surface area contributed by atoms with Crippen LogP contribution >= 0.6 is 0 Å². The number of halogens is 2. The van der Waals surface area contributed by atoms with Crippen LogP contribution in [0.3, 0.4) is 0 Å². The molecule has 1 aromatic heterocycles. The maximum absolute atomic E-state index is 13.8. The molecule has 2 N–H and O–H groups in total. The highest BCUT2D eigenvalue weighted by Crippen LogP contribution is 2.61. The van der Waals surface area contributed by atoms with Crippen molar-refractivity contribution in [3.8, 4) is 5.75 Å². The second kappa shape index (κ2) is 5.90. The third-order valence-electron chi connectivity index (χ3n) is 6.49. The Kier molecular flexibility index (Phi) is 3.69. The van der Waals surface area contributed by atoms with E-state index in [-0.39, 0.29) is 34.3 Å². The van der Waals surface area contributed by atoms with Gasteiger partial charge in [0.2, 0.25) is 5.43 Å². The first-order valence-electron chi connectivity index (χ1n) is 9.63. The molecule has 30 heavy (non-hydrogen) atoms. The number of pyridine rings is 1. The van der Waals surface area contributed by atoms with Gasteiger partial charge in [0, 0.05) is 37.5 Å². The van der Waals surface area contributed by atoms with E-state index < -0.39 is 34.6 Å². The maximum atomic E-state index is 13.8. The normalized spacial score (nSPS) is 26.1. The van der Waals surface area contributed by atoms with Crippen molar-refractivity contribution in [3.05, 3.63) is 63.1 Å². The second-order valence-corrected chi connectivity index (χ2v) is 8.90. The Bertz CT molecular complexity index is 1180. The van der Waals surface area contributed by atoms with Gasteiger partial charge in [-0.15, -0.1) is 0 Å². The van der Waals surface area contributed by atoms with Crippen LogP contribution in [0.25, 0.3) is 0 Å². The summed E-state index contributed by atoms with van der Waals surface area (Å²) < 4.78 is 28.3. The monoisotopic (exact) mass is 415 g/mol. The van der Waals surface area contributed by atoms with E-state index in [1.54, 1.807) is 4.90 Å². The van der Waals surface area contributed by atoms with Gasteiger partial charge in [-0.2, -0.15) is 0 Å². The summed E-state index contributed by atoms with van der Waals surface area (Å²) in [5, 5.41) is 12.8. The van der Waals surface area contributed by atoms with Crippen molar-refractivity contribution >= 4 is 11.8 Å². The van der Waals surface area contributed by atoms with Gasteiger partial charge >= 0.3 is 0 Å². The number of rotatable bonds is 3. The van der Waals surface area contributed by atoms with E-state index in [0.29, 0.717) is 19.2 Å². The molecule has 1 spiro atoms. The van der Waals surface area contributed by atoms with Crippen LogP contribution in [0.4, 0.5) is 8.78 Å². The average molecular weight is 415 g/mol. The standard InChI is InChI=1S/C21H19F2N3O4/c1-20-7-21(8-20)10-25-6-13(16(27)17(28)15(25)19(30)26(21)9-20)18(29)24-5-11-2-3-12(22)4-14(11)23/h2-4,6,28H,5,7-10H2,1H3,(H,24,29). The SMILES string of the molecule is CC12CN3C(=O)c4c(O)c(=O)c(C(=O)NCc5ccc(F)cc5F)cn4CC3(C1)C2. The lowest BCUT2D eigenvalue weighted by Gasteiger charge is -2.49. The molecule has 9 heteroatoms. The first kappa shape index (κ1) is 18.8. The van der Waals surface area contributed by atoms with Crippen molar-refractivity contribution in [2.45, 2.75) is 38.4 Å². The van der Waals surface area contributed by atoms with E-state index in [2.05, 4.69) is 12.2 Å². The van der Waals surface area contributed by atoms with Gasteiger partial charge in [0.1, 0.15) is 17.2 Å². The zero-order chi connectivity index (χ0) is 21.4. The molecule has 3 aliphatic heterocycles. The smallest absolute Gasteiger partial charge is 0.275 e. The Labute approximate surface area is 169 Å². The van der Waals surface area contributed by atoms with Gasteiger partial charge < -0.3 is 19.9 Å². The van der Waals surface area contributed by atoms with Gasteiger partial charge in [-0.1, -0.05) is 13.0 Å². The van der Waals surface area contributed by atoms with Gasteiger partial charge in [-0.25, -0.2) is 8.78 Å². The summed E-state index contributed by atoms with van der Waals surface area (Å²) in [5.41, 5.74) is -1.64. The van der Waals surface area contributed by atoms with E-state index >= 15 is 0 Å². The number of hydrogen-bond donors (Lipinski definition) is 2. The predicted molar refractivity (Wildman–Crippen MR) is 101 cm³/mol. The zero-order valence-electron chi connectivity index (χ0n) is 16.2. The van der Waals surface area contributed by atoms with Crippen LogP contribution in [0, 0.1) is 17.0 Å². The van der Waals surface area contributed by atoms with Crippen LogP contribution in [0.15, 0.2) is 29.2 Å². The lowest BCUT2D eigenvalue weighted by atomic mass is 9.62. The Morgan fingerprint density at radius 1 is 1.23 bits per heavy atom. The van der Waals surface area contributed by atoms with Crippen molar-refractivity contribution < 1.29 is 23.5 Å². The zero-order valence-corrected chi connectivity index (χ0v) is 16.2. The molecule has 7 nitrogen and oxygen atoms in total. The van der Waals surface area contributed by atoms with Crippen LogP contribution in [0.1, 0.15) is 46.2 Å². The molecule has 1 aliphatic carbocycles. The predicted octanol–water partition coefficient (Wildman–Crippen LogP) is 1.77. The quantitative estimate of drug-likeness (QED) is 0.800. The fraction of sp³-hybridized carbons (Fsp3) is 0.381. The van der Waals surface area contributed by atoms with Crippen molar-refractivity contribution in [1.29, 1.82) is 0 Å². The number of carbonyl (C=O) groups is 2. The lowest BCUT2D eigenvalue weighted by Crippen LogP contribution is -2.57. The summed E-state index contributed by atoms with van der Waals surface area (Å²) in [6, 6.07) is 2.96. The molecule has 4 heterocycles. The first-order chi connectivity index (χ1) is 14.1. The largest absolute Gasteiger partial charge is 0.503 e. The average Bonchev–Trinajstić information content (AvgIpc) is 3.12. The topological polar surface area (TPSA) is 91.6 Å². The summed E-state index contributed by atoms with van der Waals surface area (Å²) in [4.78, 5) is 39.8. The van der Waals surface area contributed by atoms with Crippen LogP contribution in [0.5, 0.6) is 5.75 Å².